The van der Waals surface area contributed by atoms with Crippen LogP contribution >= 0.6 is 0 Å². The normalized spacial score (nSPS) is 11.7. The van der Waals surface area contributed by atoms with Gasteiger partial charge >= 0.3 is 6.03 Å². The second-order valence-corrected chi connectivity index (χ2v) is 4.31. The van der Waals surface area contributed by atoms with Gasteiger partial charge in [-0.15, -0.1) is 0 Å². The largest absolute Gasteiger partial charge is 0.396 e. The van der Waals surface area contributed by atoms with E-state index in [-0.39, 0.29) is 18.7 Å². The van der Waals surface area contributed by atoms with Gasteiger partial charge in [0.05, 0.1) is 6.04 Å². The quantitative estimate of drug-likeness (QED) is 0.781. The summed E-state index contributed by atoms with van der Waals surface area (Å²) in [7, 11) is 0. The Morgan fingerprint density at radius 3 is 2.50 bits per heavy atom. The smallest absolute Gasteiger partial charge is 0.319 e. The second kappa shape index (κ2) is 7.25. The summed E-state index contributed by atoms with van der Waals surface area (Å²) in [6.07, 6.45) is 3.68. The molecule has 2 rings (SSSR count). The lowest BCUT2D eigenvalue weighted by Gasteiger charge is -2.18. The van der Waals surface area contributed by atoms with Gasteiger partial charge in [0.15, 0.2) is 0 Å². The number of amides is 2. The summed E-state index contributed by atoms with van der Waals surface area (Å²) in [4.78, 5) is 15.8. The zero-order valence-corrected chi connectivity index (χ0v) is 11.0. The van der Waals surface area contributed by atoms with Crippen LogP contribution in [0, 0.1) is 0 Å². The molecule has 20 heavy (non-hydrogen) atoms. The molecule has 1 aromatic heterocycles. The number of aliphatic hydroxyl groups is 1. The van der Waals surface area contributed by atoms with Gasteiger partial charge < -0.3 is 15.7 Å². The first kappa shape index (κ1) is 14.0. The first-order valence-electron chi connectivity index (χ1n) is 6.43. The molecule has 2 aromatic rings. The molecule has 5 heteroatoms. The zero-order chi connectivity index (χ0) is 14.2. The third-order valence-corrected chi connectivity index (χ3v) is 2.86. The van der Waals surface area contributed by atoms with Crippen LogP contribution in [-0.4, -0.2) is 22.7 Å². The van der Waals surface area contributed by atoms with Crippen molar-refractivity contribution in [3.8, 4) is 0 Å². The highest BCUT2D eigenvalue weighted by Crippen LogP contribution is 2.16. The lowest BCUT2D eigenvalue weighted by atomic mass is 10.0. The van der Waals surface area contributed by atoms with Gasteiger partial charge in [-0.1, -0.05) is 30.3 Å². The molecular formula is C15H17N3O2. The van der Waals surface area contributed by atoms with E-state index in [1.807, 2.05) is 30.3 Å². The van der Waals surface area contributed by atoms with Crippen LogP contribution in [0.15, 0.2) is 54.9 Å². The fourth-order valence-corrected chi connectivity index (χ4v) is 1.90. The minimum atomic E-state index is -0.307. The van der Waals surface area contributed by atoms with Crippen molar-refractivity contribution in [3.05, 3.63) is 60.4 Å². The number of aromatic nitrogens is 1. The number of anilines is 1. The second-order valence-electron chi connectivity index (χ2n) is 4.31. The molecule has 104 valence electrons. The van der Waals surface area contributed by atoms with Crippen molar-refractivity contribution in [1.29, 1.82) is 0 Å². The van der Waals surface area contributed by atoms with Crippen molar-refractivity contribution in [2.75, 3.05) is 11.9 Å². The average molecular weight is 271 g/mol. The van der Waals surface area contributed by atoms with Gasteiger partial charge in [-0.05, 0) is 24.1 Å². The third-order valence-electron chi connectivity index (χ3n) is 2.86. The molecule has 0 spiro atoms. The van der Waals surface area contributed by atoms with Crippen molar-refractivity contribution in [1.82, 2.24) is 10.3 Å². The average Bonchev–Trinajstić information content (AvgIpc) is 2.49. The van der Waals surface area contributed by atoms with E-state index in [1.165, 1.54) is 0 Å². The fraction of sp³-hybridized carbons (Fsp3) is 0.200. The lowest BCUT2D eigenvalue weighted by Crippen LogP contribution is -2.33. The van der Waals surface area contributed by atoms with Gasteiger partial charge in [0.1, 0.15) is 0 Å². The van der Waals surface area contributed by atoms with Crippen LogP contribution in [0.3, 0.4) is 0 Å². The van der Waals surface area contributed by atoms with E-state index >= 15 is 0 Å². The van der Waals surface area contributed by atoms with E-state index in [1.54, 1.807) is 24.5 Å². The Labute approximate surface area is 117 Å². The van der Waals surface area contributed by atoms with E-state index in [0.29, 0.717) is 12.1 Å². The molecule has 5 nitrogen and oxygen atoms in total. The van der Waals surface area contributed by atoms with Gasteiger partial charge in [-0.3, -0.25) is 4.98 Å². The zero-order valence-electron chi connectivity index (χ0n) is 11.0. The molecule has 0 aliphatic heterocycles. The van der Waals surface area contributed by atoms with Gasteiger partial charge in [0, 0.05) is 24.7 Å². The van der Waals surface area contributed by atoms with Crippen molar-refractivity contribution < 1.29 is 9.90 Å². The molecule has 0 saturated heterocycles. The Morgan fingerprint density at radius 1 is 1.15 bits per heavy atom. The Hall–Kier alpha value is -2.40. The van der Waals surface area contributed by atoms with Crippen LogP contribution in [0.25, 0.3) is 0 Å². The van der Waals surface area contributed by atoms with E-state index < -0.39 is 0 Å². The van der Waals surface area contributed by atoms with Crippen molar-refractivity contribution in [3.63, 3.8) is 0 Å². The summed E-state index contributed by atoms with van der Waals surface area (Å²) in [5, 5.41) is 14.7. The van der Waals surface area contributed by atoms with Gasteiger partial charge in [0.2, 0.25) is 0 Å². The van der Waals surface area contributed by atoms with Gasteiger partial charge in [0.25, 0.3) is 0 Å². The number of hydrogen-bond donors (Lipinski definition) is 3. The summed E-state index contributed by atoms with van der Waals surface area (Å²) in [5.74, 6) is 0. The molecule has 0 unspecified atom stereocenters. The Balaban J connectivity index is 1.99. The molecular weight excluding hydrogens is 254 g/mol. The van der Waals surface area contributed by atoms with E-state index in [2.05, 4.69) is 15.6 Å². The SMILES string of the molecule is O=C(Nc1ccncc1)N[C@H](CCO)c1ccccc1. The maximum absolute atomic E-state index is 11.9. The van der Waals surface area contributed by atoms with Crippen LogP contribution in [0.1, 0.15) is 18.0 Å². The minimum absolute atomic E-state index is 0.00903. The van der Waals surface area contributed by atoms with Crippen molar-refractivity contribution in [2.45, 2.75) is 12.5 Å². The van der Waals surface area contributed by atoms with Crippen LogP contribution in [-0.2, 0) is 0 Å². The molecule has 2 amide bonds. The van der Waals surface area contributed by atoms with Crippen LogP contribution in [0.4, 0.5) is 10.5 Å². The van der Waals surface area contributed by atoms with E-state index in [0.717, 1.165) is 5.56 Å². The Morgan fingerprint density at radius 2 is 1.85 bits per heavy atom. The van der Waals surface area contributed by atoms with Crippen LogP contribution in [0.2, 0.25) is 0 Å². The number of benzene rings is 1. The number of urea groups is 1. The third kappa shape index (κ3) is 4.07. The molecule has 0 radical (unpaired) electrons. The molecule has 1 heterocycles. The highest BCUT2D eigenvalue weighted by Gasteiger charge is 2.13. The molecule has 0 saturated carbocycles. The highest BCUT2D eigenvalue weighted by atomic mass is 16.3. The number of rotatable bonds is 5. The molecule has 0 bridgehead atoms. The van der Waals surface area contributed by atoms with Crippen LogP contribution in [0.5, 0.6) is 0 Å². The summed E-state index contributed by atoms with van der Waals surface area (Å²) in [5.41, 5.74) is 1.64. The Bertz CT molecular complexity index is 531. The van der Waals surface area contributed by atoms with E-state index in [4.69, 9.17) is 5.11 Å². The summed E-state index contributed by atoms with van der Waals surface area (Å²) in [6, 6.07) is 12.5. The standard InChI is InChI=1S/C15H17N3O2/c19-11-8-14(12-4-2-1-3-5-12)18-15(20)17-13-6-9-16-10-7-13/h1-7,9-10,14,19H,8,11H2,(H2,16,17,18,20)/t14-/m1/s1. The molecule has 0 aliphatic rings. The number of nitrogens with one attached hydrogen (secondary N) is 2. The number of carbonyl (C=O) groups is 1. The Kier molecular flexibility index (Phi) is 5.08. The number of carbonyl (C=O) groups excluding carboxylic acids is 1. The first-order valence-corrected chi connectivity index (χ1v) is 6.43. The monoisotopic (exact) mass is 271 g/mol. The maximum atomic E-state index is 11.9. The summed E-state index contributed by atoms with van der Waals surface area (Å²) >= 11 is 0. The van der Waals surface area contributed by atoms with Crippen molar-refractivity contribution in [2.24, 2.45) is 0 Å². The fourth-order valence-electron chi connectivity index (χ4n) is 1.90. The topological polar surface area (TPSA) is 74.2 Å². The first-order chi connectivity index (χ1) is 9.79. The molecule has 0 aliphatic carbocycles. The van der Waals surface area contributed by atoms with Crippen LogP contribution < -0.4 is 10.6 Å². The minimum Gasteiger partial charge on any atom is -0.396 e. The predicted octanol–water partition coefficient (Wildman–Crippen LogP) is 2.33. The van der Waals surface area contributed by atoms with Gasteiger partial charge in [-0.2, -0.15) is 0 Å². The molecule has 3 N–H and O–H groups in total. The lowest BCUT2D eigenvalue weighted by molar-refractivity contribution is 0.239. The maximum Gasteiger partial charge on any atom is 0.319 e. The molecule has 0 fully saturated rings. The number of aliphatic hydroxyl groups excluding tert-OH is 1. The van der Waals surface area contributed by atoms with Gasteiger partial charge in [-0.25, -0.2) is 4.79 Å². The summed E-state index contributed by atoms with van der Waals surface area (Å²) in [6.45, 7) is 0.00903. The van der Waals surface area contributed by atoms with Crippen molar-refractivity contribution >= 4 is 11.7 Å². The predicted molar refractivity (Wildman–Crippen MR) is 77.3 cm³/mol. The summed E-state index contributed by atoms with van der Waals surface area (Å²) < 4.78 is 0. The molecule has 1 aromatic carbocycles. The number of pyridine rings is 1. The number of nitrogens with zero attached hydrogens (tertiary/aromatic N) is 1. The van der Waals surface area contributed by atoms with E-state index in [9.17, 15) is 4.79 Å². The molecule has 1 atom stereocenters. The highest BCUT2D eigenvalue weighted by molar-refractivity contribution is 5.89. The number of hydrogen-bond acceptors (Lipinski definition) is 3.